The van der Waals surface area contributed by atoms with E-state index in [1.54, 1.807) is 0 Å². The van der Waals surface area contributed by atoms with Crippen molar-refractivity contribution in [3.63, 3.8) is 0 Å². The van der Waals surface area contributed by atoms with Gasteiger partial charge in [-0.2, -0.15) is 0 Å². The third kappa shape index (κ3) is 1.86. The number of aliphatic hydroxyl groups is 4. The Morgan fingerprint density at radius 2 is 1.71 bits per heavy atom. The normalized spacial score (nSPS) is 43.4. The molecule has 1 aliphatic heterocycles. The van der Waals surface area contributed by atoms with Crippen LogP contribution in [0.25, 0.3) is 0 Å². The Hall–Kier alpha value is -0.730. The third-order valence-corrected chi connectivity index (χ3v) is 2.02. The summed E-state index contributed by atoms with van der Waals surface area (Å²) in [6, 6.07) is 0. The molecule has 0 aromatic carbocycles. The maximum absolute atomic E-state index is 11.0. The molecule has 1 rings (SSSR count). The van der Waals surface area contributed by atoms with Crippen LogP contribution in [0.2, 0.25) is 0 Å². The van der Waals surface area contributed by atoms with Crippen molar-refractivity contribution in [2.75, 3.05) is 7.11 Å². The summed E-state index contributed by atoms with van der Waals surface area (Å²) in [5.74, 6) is -0.928. The van der Waals surface area contributed by atoms with Gasteiger partial charge >= 0.3 is 5.97 Å². The molecular weight excluding hydrogens is 196 g/mol. The Kier molecular flexibility index (Phi) is 3.40. The SMILES string of the molecule is COC(=O)C1OC(O)C(O)[C@@H](O)[C@@H]1O. The minimum atomic E-state index is -1.72. The van der Waals surface area contributed by atoms with E-state index < -0.39 is 36.7 Å². The molecule has 0 aromatic rings. The molecule has 1 saturated heterocycles. The number of aliphatic hydroxyl groups excluding tert-OH is 4. The standard InChI is InChI=1S/C7H12O7/c1-13-7(12)5-3(9)2(8)4(10)6(11)14-5/h2-6,8-11H,1H3/t2-,3-,4?,5?,6?/m0/s1. The van der Waals surface area contributed by atoms with Gasteiger partial charge in [-0.25, -0.2) is 4.79 Å². The zero-order valence-corrected chi connectivity index (χ0v) is 7.40. The molecule has 0 radical (unpaired) electrons. The predicted octanol–water partition coefficient (Wildman–Crippen LogP) is -3.04. The van der Waals surface area contributed by atoms with Crippen molar-refractivity contribution in [2.24, 2.45) is 0 Å². The van der Waals surface area contributed by atoms with Gasteiger partial charge in [-0.3, -0.25) is 0 Å². The Balaban J connectivity index is 2.75. The second kappa shape index (κ2) is 4.20. The quantitative estimate of drug-likeness (QED) is 0.338. The first-order valence-corrected chi connectivity index (χ1v) is 3.94. The monoisotopic (exact) mass is 208 g/mol. The summed E-state index contributed by atoms with van der Waals surface area (Å²) in [5.41, 5.74) is 0. The number of methoxy groups -OCH3 is 1. The molecule has 1 heterocycles. The maximum atomic E-state index is 11.0. The van der Waals surface area contributed by atoms with E-state index in [0.717, 1.165) is 7.11 Å². The first-order chi connectivity index (χ1) is 6.49. The molecule has 7 nitrogen and oxygen atoms in total. The fourth-order valence-electron chi connectivity index (χ4n) is 1.17. The van der Waals surface area contributed by atoms with Gasteiger partial charge in [0, 0.05) is 0 Å². The van der Waals surface area contributed by atoms with Gasteiger partial charge in [-0.15, -0.1) is 0 Å². The molecule has 1 aliphatic rings. The van der Waals surface area contributed by atoms with Gasteiger partial charge in [-0.05, 0) is 0 Å². The summed E-state index contributed by atoms with van der Waals surface area (Å²) in [7, 11) is 1.07. The molecule has 5 atom stereocenters. The van der Waals surface area contributed by atoms with Crippen LogP contribution in [0.4, 0.5) is 0 Å². The number of ether oxygens (including phenoxy) is 2. The molecule has 0 aliphatic carbocycles. The Morgan fingerprint density at radius 1 is 1.14 bits per heavy atom. The zero-order chi connectivity index (χ0) is 10.9. The van der Waals surface area contributed by atoms with Crippen LogP contribution in [0.15, 0.2) is 0 Å². The van der Waals surface area contributed by atoms with Gasteiger partial charge in [0.15, 0.2) is 12.4 Å². The number of carbonyl (C=O) groups excluding carboxylic acids is 1. The zero-order valence-electron chi connectivity index (χ0n) is 7.40. The number of esters is 1. The lowest BCUT2D eigenvalue weighted by Crippen LogP contribution is -2.59. The average molecular weight is 208 g/mol. The summed E-state index contributed by atoms with van der Waals surface area (Å²) < 4.78 is 8.82. The van der Waals surface area contributed by atoms with Gasteiger partial charge < -0.3 is 29.9 Å². The highest BCUT2D eigenvalue weighted by molar-refractivity contribution is 5.75. The Bertz CT molecular complexity index is 218. The summed E-state index contributed by atoms with van der Waals surface area (Å²) in [6.07, 6.45) is -8.14. The van der Waals surface area contributed by atoms with E-state index in [4.69, 9.17) is 10.2 Å². The summed E-state index contributed by atoms with van der Waals surface area (Å²) in [6.45, 7) is 0. The smallest absolute Gasteiger partial charge is 0.337 e. The predicted molar refractivity (Wildman–Crippen MR) is 40.9 cm³/mol. The van der Waals surface area contributed by atoms with E-state index in [2.05, 4.69) is 9.47 Å². The van der Waals surface area contributed by atoms with Crippen LogP contribution in [0.5, 0.6) is 0 Å². The third-order valence-electron chi connectivity index (χ3n) is 2.02. The summed E-state index contributed by atoms with van der Waals surface area (Å²) >= 11 is 0. The lowest BCUT2D eigenvalue weighted by Gasteiger charge is -2.36. The van der Waals surface area contributed by atoms with Crippen molar-refractivity contribution in [2.45, 2.75) is 30.7 Å². The van der Waals surface area contributed by atoms with E-state index >= 15 is 0 Å². The molecule has 1 fully saturated rings. The van der Waals surface area contributed by atoms with Crippen LogP contribution >= 0.6 is 0 Å². The lowest BCUT2D eigenvalue weighted by molar-refractivity contribution is -0.280. The van der Waals surface area contributed by atoms with Crippen LogP contribution in [0.1, 0.15) is 0 Å². The highest BCUT2D eigenvalue weighted by Crippen LogP contribution is 2.20. The minimum Gasteiger partial charge on any atom is -0.467 e. The van der Waals surface area contributed by atoms with E-state index in [0.29, 0.717) is 0 Å². The molecular formula is C7H12O7. The van der Waals surface area contributed by atoms with Crippen LogP contribution in [0.3, 0.4) is 0 Å². The van der Waals surface area contributed by atoms with Gasteiger partial charge in [0.2, 0.25) is 0 Å². The van der Waals surface area contributed by atoms with Crippen LogP contribution in [0, 0.1) is 0 Å². The highest BCUT2D eigenvalue weighted by Gasteiger charge is 2.46. The van der Waals surface area contributed by atoms with E-state index in [1.165, 1.54) is 0 Å². The van der Waals surface area contributed by atoms with Crippen molar-refractivity contribution >= 4 is 5.97 Å². The van der Waals surface area contributed by atoms with E-state index in [9.17, 15) is 15.0 Å². The van der Waals surface area contributed by atoms with Gasteiger partial charge in [0.1, 0.15) is 18.3 Å². The van der Waals surface area contributed by atoms with Gasteiger partial charge in [-0.1, -0.05) is 0 Å². The second-order valence-electron chi connectivity index (χ2n) is 2.94. The highest BCUT2D eigenvalue weighted by atomic mass is 16.7. The van der Waals surface area contributed by atoms with Crippen molar-refractivity contribution in [3.05, 3.63) is 0 Å². The molecule has 0 amide bonds. The van der Waals surface area contributed by atoms with E-state index in [-0.39, 0.29) is 0 Å². The van der Waals surface area contributed by atoms with Crippen molar-refractivity contribution < 1.29 is 34.7 Å². The molecule has 7 heteroatoms. The second-order valence-corrected chi connectivity index (χ2v) is 2.94. The minimum absolute atomic E-state index is 0.928. The first-order valence-electron chi connectivity index (χ1n) is 3.94. The van der Waals surface area contributed by atoms with Crippen LogP contribution in [-0.2, 0) is 14.3 Å². The number of hydrogen-bond acceptors (Lipinski definition) is 7. The van der Waals surface area contributed by atoms with Crippen molar-refractivity contribution in [1.29, 1.82) is 0 Å². The fraction of sp³-hybridized carbons (Fsp3) is 0.857. The summed E-state index contributed by atoms with van der Waals surface area (Å²) in [5, 5.41) is 36.5. The Morgan fingerprint density at radius 3 is 2.21 bits per heavy atom. The fourth-order valence-corrected chi connectivity index (χ4v) is 1.17. The molecule has 0 aromatic heterocycles. The molecule has 14 heavy (non-hydrogen) atoms. The van der Waals surface area contributed by atoms with Gasteiger partial charge in [0.05, 0.1) is 7.11 Å². The maximum Gasteiger partial charge on any atom is 0.337 e. The first kappa shape index (κ1) is 11.3. The number of carbonyl (C=O) groups is 1. The molecule has 0 bridgehead atoms. The van der Waals surface area contributed by atoms with Gasteiger partial charge in [0.25, 0.3) is 0 Å². The Labute approximate surface area is 79.5 Å². The molecule has 82 valence electrons. The van der Waals surface area contributed by atoms with E-state index in [1.807, 2.05) is 0 Å². The molecule has 4 N–H and O–H groups in total. The number of rotatable bonds is 1. The summed E-state index contributed by atoms with van der Waals surface area (Å²) in [4.78, 5) is 11.0. The van der Waals surface area contributed by atoms with Crippen molar-refractivity contribution in [1.82, 2.24) is 0 Å². The van der Waals surface area contributed by atoms with Crippen LogP contribution < -0.4 is 0 Å². The van der Waals surface area contributed by atoms with Crippen molar-refractivity contribution in [3.8, 4) is 0 Å². The lowest BCUT2D eigenvalue weighted by atomic mass is 9.99. The van der Waals surface area contributed by atoms with Crippen LogP contribution in [-0.4, -0.2) is 64.2 Å². The molecule has 3 unspecified atom stereocenters. The number of hydrogen-bond donors (Lipinski definition) is 4. The molecule has 0 saturated carbocycles. The largest absolute Gasteiger partial charge is 0.467 e. The molecule has 0 spiro atoms. The average Bonchev–Trinajstić information content (AvgIpc) is 2.19. The topological polar surface area (TPSA) is 116 Å².